The Bertz CT molecular complexity index is 486. The van der Waals surface area contributed by atoms with Gasteiger partial charge in [-0.1, -0.05) is 0 Å². The second-order valence-corrected chi connectivity index (χ2v) is 4.69. The molecule has 0 amide bonds. The maximum Gasteiger partial charge on any atom is 0.327 e. The van der Waals surface area contributed by atoms with Crippen molar-refractivity contribution in [3.05, 3.63) is 15.9 Å². The zero-order valence-electron chi connectivity index (χ0n) is 9.44. The number of carbonyl (C=O) groups excluding carboxylic acids is 1. The highest BCUT2D eigenvalue weighted by molar-refractivity contribution is 9.10. The monoisotopic (exact) mass is 297 g/mol. The first kappa shape index (κ1) is 12.1. The van der Waals surface area contributed by atoms with E-state index in [1.54, 1.807) is 11.6 Å². The zero-order chi connectivity index (χ0) is 12.4. The first-order valence-corrected chi connectivity index (χ1v) is 6.28. The molecule has 0 saturated heterocycles. The highest BCUT2D eigenvalue weighted by Gasteiger charge is 2.32. The molecule has 0 aliphatic heterocycles. The van der Waals surface area contributed by atoms with E-state index >= 15 is 0 Å². The largest absolute Gasteiger partial charge is 0.465 e. The molecule has 0 aromatic carbocycles. The molecule has 2 rings (SSSR count). The fourth-order valence-corrected chi connectivity index (χ4v) is 2.42. The van der Waals surface area contributed by atoms with Crippen LogP contribution in [0.1, 0.15) is 37.1 Å². The Morgan fingerprint density at radius 1 is 1.71 bits per heavy atom. The van der Waals surface area contributed by atoms with Gasteiger partial charge >= 0.3 is 5.97 Å². The van der Waals surface area contributed by atoms with Crippen molar-refractivity contribution < 1.29 is 9.53 Å². The van der Waals surface area contributed by atoms with Gasteiger partial charge in [0.05, 0.1) is 16.8 Å². The molecular formula is C11H12BrN3O2. The summed E-state index contributed by atoms with van der Waals surface area (Å²) >= 11 is 3.37. The molecule has 0 spiro atoms. The Balaban J connectivity index is 2.26. The van der Waals surface area contributed by atoms with Gasteiger partial charge in [-0.05, 0) is 35.7 Å². The van der Waals surface area contributed by atoms with E-state index in [0.29, 0.717) is 22.7 Å². The molecule has 1 aliphatic carbocycles. The van der Waals surface area contributed by atoms with Crippen LogP contribution in [0.15, 0.2) is 4.47 Å². The smallest absolute Gasteiger partial charge is 0.327 e. The molecule has 0 atom stereocenters. The molecule has 90 valence electrons. The topological polar surface area (TPSA) is 67.9 Å². The van der Waals surface area contributed by atoms with Crippen LogP contribution < -0.4 is 0 Å². The lowest BCUT2D eigenvalue weighted by Gasteiger charge is -2.06. The predicted molar refractivity (Wildman–Crippen MR) is 63.3 cm³/mol. The molecule has 0 radical (unpaired) electrons. The minimum absolute atomic E-state index is 0.0694. The van der Waals surface area contributed by atoms with Gasteiger partial charge in [-0.2, -0.15) is 10.4 Å². The lowest BCUT2D eigenvalue weighted by atomic mass is 10.2. The molecule has 6 heteroatoms. The fourth-order valence-electron chi connectivity index (χ4n) is 1.72. The lowest BCUT2D eigenvalue weighted by Crippen LogP contribution is -2.16. The van der Waals surface area contributed by atoms with Crippen LogP contribution >= 0.6 is 15.9 Å². The molecule has 0 N–H and O–H groups in total. The highest BCUT2D eigenvalue weighted by Crippen LogP contribution is 2.44. The normalized spacial score (nSPS) is 14.4. The SMILES string of the molecule is CCOC(=O)Cn1nc(C#N)c(Br)c1C1CC1. The van der Waals surface area contributed by atoms with Gasteiger partial charge < -0.3 is 4.74 Å². The Morgan fingerprint density at radius 2 is 2.41 bits per heavy atom. The Morgan fingerprint density at radius 3 is 2.94 bits per heavy atom. The second kappa shape index (κ2) is 4.88. The molecule has 1 aromatic heterocycles. The summed E-state index contributed by atoms with van der Waals surface area (Å²) in [4.78, 5) is 11.4. The summed E-state index contributed by atoms with van der Waals surface area (Å²) in [5, 5.41) is 13.0. The summed E-state index contributed by atoms with van der Waals surface area (Å²) in [6.45, 7) is 2.19. The summed E-state index contributed by atoms with van der Waals surface area (Å²) < 4.78 is 7.18. The van der Waals surface area contributed by atoms with Crippen molar-refractivity contribution in [2.75, 3.05) is 6.61 Å². The van der Waals surface area contributed by atoms with E-state index < -0.39 is 0 Å². The van der Waals surface area contributed by atoms with Crippen molar-refractivity contribution in [3.63, 3.8) is 0 Å². The number of rotatable bonds is 4. The molecule has 5 nitrogen and oxygen atoms in total. The first-order chi connectivity index (χ1) is 8.17. The molecule has 1 aliphatic rings. The predicted octanol–water partition coefficient (Wildman–Crippen LogP) is 1.96. The van der Waals surface area contributed by atoms with E-state index in [2.05, 4.69) is 21.0 Å². The molecule has 0 bridgehead atoms. The van der Waals surface area contributed by atoms with Crippen molar-refractivity contribution >= 4 is 21.9 Å². The minimum atomic E-state index is -0.325. The minimum Gasteiger partial charge on any atom is -0.465 e. The van der Waals surface area contributed by atoms with Crippen LogP contribution in [0.5, 0.6) is 0 Å². The van der Waals surface area contributed by atoms with Gasteiger partial charge in [0.15, 0.2) is 5.69 Å². The fraction of sp³-hybridized carbons (Fsp3) is 0.545. The van der Waals surface area contributed by atoms with E-state index in [1.807, 2.05) is 6.07 Å². The van der Waals surface area contributed by atoms with E-state index in [9.17, 15) is 4.79 Å². The van der Waals surface area contributed by atoms with Gasteiger partial charge in [0.25, 0.3) is 0 Å². The third-order valence-corrected chi connectivity index (χ3v) is 3.37. The Hall–Kier alpha value is -1.35. The quantitative estimate of drug-likeness (QED) is 0.797. The van der Waals surface area contributed by atoms with Crippen LogP contribution in [0, 0.1) is 11.3 Å². The number of halogens is 1. The standard InChI is InChI=1S/C11H12BrN3O2/c1-2-17-9(16)6-15-11(7-3-4-7)10(12)8(5-13)14-15/h7H,2-4,6H2,1H3. The number of nitrogens with zero attached hydrogens (tertiary/aromatic N) is 3. The molecular weight excluding hydrogens is 286 g/mol. The van der Waals surface area contributed by atoms with Crippen LogP contribution in [0.25, 0.3) is 0 Å². The van der Waals surface area contributed by atoms with E-state index in [4.69, 9.17) is 10.00 Å². The maximum absolute atomic E-state index is 11.4. The van der Waals surface area contributed by atoms with Crippen LogP contribution in [0.2, 0.25) is 0 Å². The summed E-state index contributed by atoms with van der Waals surface area (Å²) in [5.74, 6) is 0.0855. The molecule has 17 heavy (non-hydrogen) atoms. The lowest BCUT2D eigenvalue weighted by molar-refractivity contribution is -0.144. The molecule has 1 fully saturated rings. The number of ether oxygens (including phenoxy) is 1. The summed E-state index contributed by atoms with van der Waals surface area (Å²) in [6.07, 6.45) is 2.16. The number of hydrogen-bond acceptors (Lipinski definition) is 4. The zero-order valence-corrected chi connectivity index (χ0v) is 11.0. The summed E-state index contributed by atoms with van der Waals surface area (Å²) in [7, 11) is 0. The average Bonchev–Trinajstić information content (AvgIpc) is 3.06. The summed E-state index contributed by atoms with van der Waals surface area (Å²) in [5.41, 5.74) is 1.27. The average molecular weight is 298 g/mol. The van der Waals surface area contributed by atoms with Crippen LogP contribution in [0.3, 0.4) is 0 Å². The van der Waals surface area contributed by atoms with Crippen molar-refractivity contribution in [2.45, 2.75) is 32.2 Å². The Kier molecular flexibility index (Phi) is 3.48. The maximum atomic E-state index is 11.4. The van der Waals surface area contributed by atoms with Crippen molar-refractivity contribution in [1.29, 1.82) is 5.26 Å². The van der Waals surface area contributed by atoms with Crippen molar-refractivity contribution in [3.8, 4) is 6.07 Å². The highest BCUT2D eigenvalue weighted by atomic mass is 79.9. The Labute approximate surface area is 107 Å². The van der Waals surface area contributed by atoms with E-state index in [-0.39, 0.29) is 12.5 Å². The molecule has 1 saturated carbocycles. The van der Waals surface area contributed by atoms with Gasteiger partial charge in [0.1, 0.15) is 12.6 Å². The number of esters is 1. The van der Waals surface area contributed by atoms with Gasteiger partial charge in [-0.15, -0.1) is 0 Å². The van der Waals surface area contributed by atoms with Crippen LogP contribution in [-0.2, 0) is 16.1 Å². The third-order valence-electron chi connectivity index (χ3n) is 2.59. The van der Waals surface area contributed by atoms with Gasteiger partial charge in [0, 0.05) is 5.92 Å². The van der Waals surface area contributed by atoms with Crippen molar-refractivity contribution in [1.82, 2.24) is 9.78 Å². The van der Waals surface area contributed by atoms with E-state index in [1.165, 1.54) is 0 Å². The van der Waals surface area contributed by atoms with Gasteiger partial charge in [-0.25, -0.2) is 0 Å². The number of carbonyl (C=O) groups is 1. The third kappa shape index (κ3) is 2.50. The van der Waals surface area contributed by atoms with Gasteiger partial charge in [-0.3, -0.25) is 9.48 Å². The molecule has 1 heterocycles. The van der Waals surface area contributed by atoms with E-state index in [0.717, 1.165) is 18.5 Å². The first-order valence-electron chi connectivity index (χ1n) is 5.49. The number of nitriles is 1. The van der Waals surface area contributed by atoms with Gasteiger partial charge in [0.2, 0.25) is 0 Å². The molecule has 0 unspecified atom stereocenters. The van der Waals surface area contributed by atoms with Crippen LogP contribution in [0.4, 0.5) is 0 Å². The second-order valence-electron chi connectivity index (χ2n) is 3.90. The number of hydrogen-bond donors (Lipinski definition) is 0. The molecule has 1 aromatic rings. The summed E-state index contributed by atoms with van der Waals surface area (Å²) in [6, 6.07) is 2.01. The number of aromatic nitrogens is 2. The van der Waals surface area contributed by atoms with Crippen molar-refractivity contribution in [2.24, 2.45) is 0 Å². The van der Waals surface area contributed by atoms with Crippen LogP contribution in [-0.4, -0.2) is 22.4 Å².